The van der Waals surface area contributed by atoms with Gasteiger partial charge in [-0.25, -0.2) is 0 Å². The quantitative estimate of drug-likeness (QED) is 0.0387. The highest BCUT2D eigenvalue weighted by Gasteiger charge is 2.32. The van der Waals surface area contributed by atoms with Crippen LogP contribution in [0.15, 0.2) is 0 Å². The van der Waals surface area contributed by atoms with E-state index in [1.165, 1.54) is 13.8 Å². The number of aliphatic hydroxyl groups excluding tert-OH is 1. The van der Waals surface area contributed by atoms with E-state index in [9.17, 15) is 63.0 Å². The van der Waals surface area contributed by atoms with Gasteiger partial charge in [0.15, 0.2) is 23.1 Å². The van der Waals surface area contributed by atoms with Crippen LogP contribution in [0.1, 0.15) is 138 Å². The molecule has 1 aliphatic rings. The smallest absolute Gasteiger partial charge is 0.306 e. The molecule has 0 spiro atoms. The fourth-order valence-electron chi connectivity index (χ4n) is 7.53. The predicted molar refractivity (Wildman–Crippen MR) is 238 cm³/mol. The summed E-state index contributed by atoms with van der Waals surface area (Å²) >= 11 is 0. The van der Waals surface area contributed by atoms with Crippen LogP contribution in [0.2, 0.25) is 0 Å². The molecule has 11 N–H and O–H groups in total. The monoisotopic (exact) mass is 922 g/mol. The molecule has 0 radical (unpaired) electrons. The van der Waals surface area contributed by atoms with E-state index in [4.69, 9.17) is 11.5 Å². The van der Waals surface area contributed by atoms with Gasteiger partial charge in [-0.05, 0) is 70.8 Å². The van der Waals surface area contributed by atoms with E-state index >= 15 is 0 Å². The molecule has 0 aromatic carbocycles. The number of rotatable bonds is 35. The second-order valence-electron chi connectivity index (χ2n) is 18.2. The van der Waals surface area contributed by atoms with Crippen LogP contribution in [0.3, 0.4) is 0 Å². The van der Waals surface area contributed by atoms with Crippen molar-refractivity contribution >= 4 is 64.4 Å². The minimum absolute atomic E-state index is 0.0347. The van der Waals surface area contributed by atoms with Gasteiger partial charge in [-0.3, -0.25) is 52.7 Å². The lowest BCUT2D eigenvalue weighted by molar-refractivity contribution is -0.144. The molecule has 0 aromatic rings. The molecule has 20 heteroatoms. The highest BCUT2D eigenvalue weighted by atomic mass is 16.4. The predicted octanol–water partition coefficient (Wildman–Crippen LogP) is 0.316. The largest absolute Gasteiger partial charge is 0.481 e. The van der Waals surface area contributed by atoms with Crippen molar-refractivity contribution in [3.63, 3.8) is 0 Å². The molecule has 0 bridgehead atoms. The summed E-state index contributed by atoms with van der Waals surface area (Å²) in [5.74, 6) is -9.24. The number of Topliss-reactive ketones (excluding diaryl/α,β-unsaturated/α-hetero) is 5. The van der Waals surface area contributed by atoms with Crippen LogP contribution in [0.25, 0.3) is 0 Å². The first-order valence-corrected chi connectivity index (χ1v) is 22.9. The highest BCUT2D eigenvalue weighted by molar-refractivity contribution is 5.97. The maximum atomic E-state index is 13.6. The lowest BCUT2D eigenvalue weighted by atomic mass is 9.88. The Morgan fingerprint density at radius 3 is 1.77 bits per heavy atom. The summed E-state index contributed by atoms with van der Waals surface area (Å²) in [7, 11) is 0. The summed E-state index contributed by atoms with van der Waals surface area (Å²) in [5.41, 5.74) is 10.8. The molecule has 1 fully saturated rings. The van der Waals surface area contributed by atoms with Crippen LogP contribution in [-0.2, 0) is 52.7 Å². The molecule has 0 saturated carbocycles. The molecular formula is C45H75N7O13. The Morgan fingerprint density at radius 2 is 1.22 bits per heavy atom. The van der Waals surface area contributed by atoms with Gasteiger partial charge >= 0.3 is 5.97 Å². The Hall–Kier alpha value is -4.95. The van der Waals surface area contributed by atoms with E-state index in [2.05, 4.69) is 26.6 Å². The number of amides is 5. The third-order valence-electron chi connectivity index (χ3n) is 11.2. The number of aliphatic hydroxyl groups is 1. The summed E-state index contributed by atoms with van der Waals surface area (Å²) in [5, 5.41) is 32.3. The molecule has 1 saturated heterocycles. The van der Waals surface area contributed by atoms with Gasteiger partial charge in [0.2, 0.25) is 29.5 Å². The average molecular weight is 922 g/mol. The minimum atomic E-state index is -1.18. The van der Waals surface area contributed by atoms with Gasteiger partial charge in [-0.15, -0.1) is 0 Å². The number of carboxylic acid groups (broad SMARTS) is 1. The lowest BCUT2D eigenvalue weighted by Crippen LogP contribution is -2.45. The number of hydrogen-bond acceptors (Lipinski definition) is 14. The van der Waals surface area contributed by atoms with E-state index in [1.54, 1.807) is 0 Å². The zero-order chi connectivity index (χ0) is 49.4. The molecule has 5 amide bonds. The van der Waals surface area contributed by atoms with Crippen LogP contribution >= 0.6 is 0 Å². The van der Waals surface area contributed by atoms with Crippen LogP contribution < -0.4 is 38.1 Å². The molecule has 8 atom stereocenters. The first-order chi connectivity index (χ1) is 30.4. The Balaban J connectivity index is 2.81. The summed E-state index contributed by atoms with van der Waals surface area (Å²) in [4.78, 5) is 140. The van der Waals surface area contributed by atoms with E-state index in [0.29, 0.717) is 19.4 Å². The molecule has 65 heavy (non-hydrogen) atoms. The number of primary amides is 1. The van der Waals surface area contributed by atoms with Crippen molar-refractivity contribution in [3.05, 3.63) is 0 Å². The normalized spacial score (nSPS) is 17.5. The molecule has 1 heterocycles. The second kappa shape index (κ2) is 30.3. The zero-order valence-corrected chi connectivity index (χ0v) is 39.0. The standard InChI is InChI=1S/C45H75N7O13/c1-25(2)17-30(44(63)51-27(5)36(55)11-14-41(60)50-28(6)38(57)20-29(45(64)65)9-7-8-16-46)19-32(53)24-49-43(62)31(18-26(3)4)21-39(58)34(10-13-40(47)59)52-42(61)15-12-37(56)35-22-33(54)23-48-35/h25-31,33-35,48,54H,7-24,46H2,1-6H3,(H2,47,59)(H,49,62)(H,50,60)(H,51,63)(H,52,61)(H,64,65)/t27-,28-,29+,30+,31+,33+,34-,35-/m0/s1. The van der Waals surface area contributed by atoms with Crippen LogP contribution in [0, 0.1) is 29.6 Å². The van der Waals surface area contributed by atoms with E-state index in [-0.39, 0.29) is 108 Å². The van der Waals surface area contributed by atoms with Crippen molar-refractivity contribution in [1.82, 2.24) is 26.6 Å². The van der Waals surface area contributed by atoms with Gasteiger partial charge in [-0.2, -0.15) is 0 Å². The molecule has 1 aliphatic heterocycles. The average Bonchev–Trinajstić information content (AvgIpc) is 3.66. The number of aliphatic carboxylic acids is 1. The number of carbonyl (C=O) groups excluding carboxylic acids is 10. The van der Waals surface area contributed by atoms with Crippen molar-refractivity contribution in [2.75, 3.05) is 19.6 Å². The summed E-state index contributed by atoms with van der Waals surface area (Å²) < 4.78 is 0. The molecule has 0 aliphatic carbocycles. The molecule has 1 rings (SSSR count). The molecule has 20 nitrogen and oxygen atoms in total. The number of unbranched alkanes of at least 4 members (excludes halogenated alkanes) is 1. The first kappa shape index (κ1) is 58.1. The van der Waals surface area contributed by atoms with Crippen molar-refractivity contribution in [2.24, 2.45) is 41.1 Å². The fraction of sp³-hybridized carbons (Fsp3) is 0.756. The van der Waals surface area contributed by atoms with Crippen molar-refractivity contribution < 1.29 is 63.0 Å². The van der Waals surface area contributed by atoms with Crippen molar-refractivity contribution in [2.45, 2.75) is 168 Å². The third kappa shape index (κ3) is 24.2. The number of hydrogen-bond donors (Lipinski definition) is 9. The molecule has 0 aromatic heterocycles. The third-order valence-corrected chi connectivity index (χ3v) is 11.2. The van der Waals surface area contributed by atoms with Crippen LogP contribution in [-0.4, -0.2) is 125 Å². The van der Waals surface area contributed by atoms with Crippen molar-refractivity contribution in [3.8, 4) is 0 Å². The Labute approximate surface area is 382 Å². The van der Waals surface area contributed by atoms with E-state index in [0.717, 1.165) is 0 Å². The van der Waals surface area contributed by atoms with Crippen LogP contribution in [0.4, 0.5) is 0 Å². The Bertz CT molecular complexity index is 1670. The van der Waals surface area contributed by atoms with Gasteiger partial charge in [-0.1, -0.05) is 34.1 Å². The second-order valence-corrected chi connectivity index (χ2v) is 18.2. The van der Waals surface area contributed by atoms with Gasteiger partial charge in [0.05, 0.1) is 42.7 Å². The molecular weight excluding hydrogens is 847 g/mol. The number of carbonyl (C=O) groups is 11. The number of β-amino-alcohol motifs (C(OH)–C–C–N with tert-alkyl or cyclic N) is 1. The number of nitrogens with one attached hydrogen (secondary N) is 5. The van der Waals surface area contributed by atoms with E-state index in [1.807, 2.05) is 27.7 Å². The van der Waals surface area contributed by atoms with Gasteiger partial charge in [0, 0.05) is 69.7 Å². The summed E-state index contributed by atoms with van der Waals surface area (Å²) in [6.07, 6.45) is -0.648. The number of carboxylic acids is 1. The fourth-order valence-corrected chi connectivity index (χ4v) is 7.53. The summed E-state index contributed by atoms with van der Waals surface area (Å²) in [6, 6.07) is -3.76. The lowest BCUT2D eigenvalue weighted by Gasteiger charge is -2.23. The van der Waals surface area contributed by atoms with Gasteiger partial charge < -0.3 is 48.3 Å². The number of ketones is 5. The number of nitrogens with two attached hydrogens (primary N) is 2. The van der Waals surface area contributed by atoms with E-state index < -0.39 is 113 Å². The highest BCUT2D eigenvalue weighted by Crippen LogP contribution is 2.21. The minimum Gasteiger partial charge on any atom is -0.481 e. The zero-order valence-electron chi connectivity index (χ0n) is 39.0. The Morgan fingerprint density at radius 1 is 0.646 bits per heavy atom. The van der Waals surface area contributed by atoms with Crippen molar-refractivity contribution in [1.29, 1.82) is 0 Å². The maximum Gasteiger partial charge on any atom is 0.306 e. The first-order valence-electron chi connectivity index (χ1n) is 22.9. The SMILES string of the molecule is CC(C)C[C@H](CC(=O)[C@H](CCC(N)=O)NC(=O)CCC(=O)[C@@H]1C[C@@H](O)CN1)C(=O)NCC(=O)C[C@@H](CC(C)C)C(=O)N[C@@H](C)C(=O)CCC(=O)N[C@@H](C)C(=O)C[C@@H](CCCCN)C(=O)O. The van der Waals surface area contributed by atoms with Gasteiger partial charge in [0.25, 0.3) is 0 Å². The van der Waals surface area contributed by atoms with Gasteiger partial charge in [0.1, 0.15) is 5.78 Å². The maximum absolute atomic E-state index is 13.6. The Kier molecular flexibility index (Phi) is 27.1. The summed E-state index contributed by atoms with van der Waals surface area (Å²) in [6.45, 7) is 10.5. The molecule has 0 unspecified atom stereocenters. The molecule has 368 valence electrons. The topological polar surface area (TPSA) is 340 Å². The van der Waals surface area contributed by atoms with Crippen LogP contribution in [0.5, 0.6) is 0 Å².